The maximum absolute atomic E-state index is 10.2. The fraction of sp³-hybridized carbons (Fsp3) is 0.800. The van der Waals surface area contributed by atoms with Crippen LogP contribution in [0.15, 0.2) is 0 Å². The Labute approximate surface area is 64.8 Å². The zero-order chi connectivity index (χ0) is 9.15. The predicted molar refractivity (Wildman–Crippen MR) is 41.0 cm³/mol. The van der Waals surface area contributed by atoms with Crippen molar-refractivity contribution in [3.63, 3.8) is 0 Å². The molecule has 0 unspecified atom stereocenters. The molecule has 0 spiro atoms. The van der Waals surface area contributed by atoms with Crippen LogP contribution in [0.4, 0.5) is 0 Å². The molecule has 0 aliphatic heterocycles. The van der Waals surface area contributed by atoms with Crippen molar-refractivity contribution in [1.29, 1.82) is 0 Å². The molecule has 3 N–H and O–H groups in total. The minimum atomic E-state index is -4.45. The molecule has 0 aliphatic rings. The second-order valence-corrected chi connectivity index (χ2v) is 6.34. The molecule has 6 heteroatoms. The van der Waals surface area contributed by atoms with Crippen LogP contribution in [0.3, 0.4) is 0 Å². The Hall–Kier alpha value is -0.220. The molecule has 68 valence electrons. The van der Waals surface area contributed by atoms with Gasteiger partial charge in [-0.1, -0.05) is 0 Å². The Morgan fingerprint density at radius 2 is 1.91 bits per heavy atom. The number of ether oxygens (including phenoxy) is 1. The Balaban J connectivity index is 3.64. The van der Waals surface area contributed by atoms with Crippen LogP contribution >= 0.6 is 7.28 Å². The molecule has 0 aromatic rings. The SMILES string of the molecule is CC(=O)OCCP(C)(O)(O)O. The second kappa shape index (κ2) is 3.03. The third kappa shape index (κ3) is 9.78. The van der Waals surface area contributed by atoms with E-state index in [1.165, 1.54) is 6.92 Å². The predicted octanol–water partition coefficient (Wildman–Crippen LogP) is -0.546. The number of carbonyl (C=O) groups excluding carboxylic acids is 1. The molecule has 0 rings (SSSR count). The van der Waals surface area contributed by atoms with Crippen molar-refractivity contribution < 1.29 is 24.2 Å². The summed E-state index contributed by atoms with van der Waals surface area (Å²) < 4.78 is 4.40. The fourth-order valence-electron chi connectivity index (χ4n) is 0.403. The monoisotopic (exact) mass is 184 g/mol. The first kappa shape index (κ1) is 10.8. The van der Waals surface area contributed by atoms with E-state index in [-0.39, 0.29) is 12.8 Å². The van der Waals surface area contributed by atoms with Crippen molar-refractivity contribution in [3.8, 4) is 0 Å². The summed E-state index contributed by atoms with van der Waals surface area (Å²) in [5, 5.41) is 0. The van der Waals surface area contributed by atoms with Gasteiger partial charge in [-0.25, -0.2) is 0 Å². The van der Waals surface area contributed by atoms with Gasteiger partial charge in [0.25, 0.3) is 0 Å². The molecule has 0 saturated carbocycles. The molecule has 0 radical (unpaired) electrons. The topological polar surface area (TPSA) is 87.0 Å². The van der Waals surface area contributed by atoms with Crippen LogP contribution in [0.2, 0.25) is 0 Å². The first-order chi connectivity index (χ1) is 4.67. The van der Waals surface area contributed by atoms with Crippen LogP contribution in [-0.2, 0) is 9.53 Å². The zero-order valence-corrected chi connectivity index (χ0v) is 7.41. The van der Waals surface area contributed by atoms with Crippen molar-refractivity contribution in [2.75, 3.05) is 19.4 Å². The molecule has 0 amide bonds. The number of carbonyl (C=O) groups is 1. The summed E-state index contributed by atoms with van der Waals surface area (Å²) in [6, 6.07) is 0. The average molecular weight is 184 g/mol. The van der Waals surface area contributed by atoms with E-state index in [0.29, 0.717) is 0 Å². The van der Waals surface area contributed by atoms with Gasteiger partial charge in [0.15, 0.2) is 0 Å². The van der Waals surface area contributed by atoms with Gasteiger partial charge in [-0.3, -0.25) is 0 Å². The third-order valence-electron chi connectivity index (χ3n) is 0.920. The number of esters is 1. The van der Waals surface area contributed by atoms with Gasteiger partial charge in [-0.2, -0.15) is 0 Å². The number of rotatable bonds is 3. The van der Waals surface area contributed by atoms with Gasteiger partial charge in [0.05, 0.1) is 0 Å². The van der Waals surface area contributed by atoms with Crippen molar-refractivity contribution in [2.45, 2.75) is 6.92 Å². The maximum atomic E-state index is 10.2. The first-order valence-corrected chi connectivity index (χ1v) is 5.79. The third-order valence-corrected chi connectivity index (χ3v) is 2.15. The van der Waals surface area contributed by atoms with Gasteiger partial charge in [0.1, 0.15) is 0 Å². The Kier molecular flexibility index (Phi) is 2.97. The summed E-state index contributed by atoms with van der Waals surface area (Å²) >= 11 is 0. The summed E-state index contributed by atoms with van der Waals surface area (Å²) in [4.78, 5) is 36.7. The van der Waals surface area contributed by atoms with E-state index in [4.69, 9.17) is 14.7 Å². The van der Waals surface area contributed by atoms with Gasteiger partial charge < -0.3 is 0 Å². The zero-order valence-electron chi connectivity index (χ0n) is 6.52. The minimum absolute atomic E-state index is 0.173. The van der Waals surface area contributed by atoms with Gasteiger partial charge in [-0.05, 0) is 0 Å². The number of hydrogen-bond donors (Lipinski definition) is 3. The van der Waals surface area contributed by atoms with E-state index in [0.717, 1.165) is 6.66 Å². The van der Waals surface area contributed by atoms with E-state index in [1.807, 2.05) is 0 Å². The summed E-state index contributed by atoms with van der Waals surface area (Å²) in [6.07, 6.45) is -0.314. The van der Waals surface area contributed by atoms with Gasteiger partial charge >= 0.3 is 63.8 Å². The number of hydrogen-bond acceptors (Lipinski definition) is 5. The molecule has 11 heavy (non-hydrogen) atoms. The Bertz CT molecular complexity index is 149. The van der Waals surface area contributed by atoms with Crippen LogP contribution in [0.1, 0.15) is 6.92 Å². The normalized spacial score (nSPS) is 15.2. The molecular weight excluding hydrogens is 171 g/mol. The molecule has 0 aromatic carbocycles. The summed E-state index contributed by atoms with van der Waals surface area (Å²) in [5.74, 6) is -0.509. The van der Waals surface area contributed by atoms with Crippen LogP contribution < -0.4 is 0 Å². The first-order valence-electron chi connectivity index (χ1n) is 3.06. The van der Waals surface area contributed by atoms with Crippen LogP contribution in [0, 0.1) is 0 Å². The Morgan fingerprint density at radius 1 is 1.45 bits per heavy atom. The Morgan fingerprint density at radius 3 is 2.18 bits per heavy atom. The fourth-order valence-corrected chi connectivity index (χ4v) is 0.922. The molecule has 0 aliphatic carbocycles. The average Bonchev–Trinajstić information content (AvgIpc) is 1.56. The molecule has 0 fully saturated rings. The molecule has 0 bridgehead atoms. The molecule has 5 nitrogen and oxygen atoms in total. The van der Waals surface area contributed by atoms with Crippen LogP contribution in [-0.4, -0.2) is 40.1 Å². The quantitative estimate of drug-likeness (QED) is 0.405. The van der Waals surface area contributed by atoms with E-state index in [2.05, 4.69) is 4.74 Å². The van der Waals surface area contributed by atoms with E-state index < -0.39 is 13.3 Å². The van der Waals surface area contributed by atoms with Crippen LogP contribution in [0.25, 0.3) is 0 Å². The van der Waals surface area contributed by atoms with E-state index in [9.17, 15) is 4.79 Å². The summed E-state index contributed by atoms with van der Waals surface area (Å²) in [5.41, 5.74) is 0. The van der Waals surface area contributed by atoms with Gasteiger partial charge in [-0.15, -0.1) is 0 Å². The molecule has 0 heterocycles. The van der Waals surface area contributed by atoms with Crippen molar-refractivity contribution >= 4 is 13.3 Å². The van der Waals surface area contributed by atoms with E-state index in [1.54, 1.807) is 0 Å². The molecule has 0 saturated heterocycles. The van der Waals surface area contributed by atoms with Crippen molar-refractivity contribution in [2.24, 2.45) is 0 Å². The summed E-state index contributed by atoms with van der Waals surface area (Å²) in [6.45, 7) is 1.97. The molecule has 0 atom stereocenters. The molecular formula is C5H13O5P. The van der Waals surface area contributed by atoms with E-state index >= 15 is 0 Å². The summed E-state index contributed by atoms with van der Waals surface area (Å²) in [7, 11) is -4.45. The van der Waals surface area contributed by atoms with Crippen LogP contribution in [0.5, 0.6) is 0 Å². The van der Waals surface area contributed by atoms with Gasteiger partial charge in [0, 0.05) is 0 Å². The molecule has 0 aromatic heterocycles. The standard InChI is InChI=1S/C5H13O5P/c1-5(6)10-3-4-11(2,7,8)9/h7-9H,3-4H2,1-2H3. The van der Waals surface area contributed by atoms with Crippen molar-refractivity contribution in [1.82, 2.24) is 0 Å². The van der Waals surface area contributed by atoms with Gasteiger partial charge in [0.2, 0.25) is 0 Å². The second-order valence-electron chi connectivity index (χ2n) is 2.67. The van der Waals surface area contributed by atoms with Crippen molar-refractivity contribution in [3.05, 3.63) is 0 Å².